The van der Waals surface area contributed by atoms with Crippen molar-refractivity contribution in [3.05, 3.63) is 89.5 Å². The average molecular weight is 524 g/mol. The lowest BCUT2D eigenvalue weighted by Gasteiger charge is -2.34. The Bertz CT molecular complexity index is 1360. The number of para-hydroxylation sites is 2. The van der Waals surface area contributed by atoms with Crippen LogP contribution >= 0.6 is 0 Å². The van der Waals surface area contributed by atoms with Crippen LogP contribution in [0.1, 0.15) is 50.0 Å². The van der Waals surface area contributed by atoms with Gasteiger partial charge in [0.15, 0.2) is 5.78 Å². The molecule has 1 aromatic heterocycles. The van der Waals surface area contributed by atoms with Crippen LogP contribution in [0.15, 0.2) is 82.6 Å². The molecule has 0 unspecified atom stereocenters. The Kier molecular flexibility index (Phi) is 6.77. The smallest absolute Gasteiger partial charge is 0.467 e. The van der Waals surface area contributed by atoms with Crippen molar-refractivity contribution in [2.24, 2.45) is 0 Å². The number of Topliss-reactive ketones (excluding diaryl/α,β-unsaturated/α-hetero) is 1. The molecule has 0 radical (unpaired) electrons. The fraction of sp³-hybridized carbons (Fsp3) is 0.310. The number of benzene rings is 2. The number of rotatable bonds is 5. The Morgan fingerprint density at radius 3 is 2.37 bits per heavy atom. The SMILES string of the molecule is CCN(CC)c1ccc([C@H]2CC(=O)C3=C(C2)Nc2ccccc2N(C(=O)C(F)(F)F)[C@H]3c2ccco2)cc1. The highest BCUT2D eigenvalue weighted by Crippen LogP contribution is 2.48. The fourth-order valence-corrected chi connectivity index (χ4v) is 5.45. The van der Waals surface area contributed by atoms with Crippen molar-refractivity contribution >= 4 is 28.8 Å². The number of alkyl halides is 3. The average Bonchev–Trinajstić information content (AvgIpc) is 3.38. The van der Waals surface area contributed by atoms with E-state index in [0.717, 1.165) is 24.3 Å². The maximum Gasteiger partial charge on any atom is 0.471 e. The monoisotopic (exact) mass is 523 g/mol. The van der Waals surface area contributed by atoms with Crippen molar-refractivity contribution < 1.29 is 27.2 Å². The largest absolute Gasteiger partial charge is 0.471 e. The highest BCUT2D eigenvalue weighted by atomic mass is 19.4. The first kappa shape index (κ1) is 25.6. The number of hydrogen-bond donors (Lipinski definition) is 1. The van der Waals surface area contributed by atoms with Gasteiger partial charge in [0.05, 0.1) is 17.6 Å². The molecule has 0 bridgehead atoms. The molecule has 0 fully saturated rings. The molecule has 3 aromatic rings. The molecule has 1 aliphatic carbocycles. The Balaban J connectivity index is 1.61. The molecule has 6 nitrogen and oxygen atoms in total. The van der Waals surface area contributed by atoms with Gasteiger partial charge in [0, 0.05) is 36.5 Å². The van der Waals surface area contributed by atoms with Crippen molar-refractivity contribution in [2.75, 3.05) is 28.2 Å². The quantitative estimate of drug-likeness (QED) is 0.409. The summed E-state index contributed by atoms with van der Waals surface area (Å²) in [4.78, 5) is 29.4. The zero-order valence-corrected chi connectivity index (χ0v) is 21.1. The minimum Gasteiger partial charge on any atom is -0.467 e. The van der Waals surface area contributed by atoms with Gasteiger partial charge in [0.25, 0.3) is 0 Å². The normalized spacial score (nSPS) is 19.4. The third-order valence-corrected chi connectivity index (χ3v) is 7.26. The third-order valence-electron chi connectivity index (χ3n) is 7.26. The number of carbonyl (C=O) groups excluding carboxylic acids is 2. The van der Waals surface area contributed by atoms with Gasteiger partial charge in [-0.1, -0.05) is 24.3 Å². The maximum absolute atomic E-state index is 13.9. The van der Waals surface area contributed by atoms with Crippen LogP contribution in [0.25, 0.3) is 0 Å². The first-order chi connectivity index (χ1) is 18.2. The van der Waals surface area contributed by atoms with Crippen LogP contribution in [-0.4, -0.2) is 31.0 Å². The molecule has 2 aliphatic rings. The lowest BCUT2D eigenvalue weighted by molar-refractivity contribution is -0.171. The minimum absolute atomic E-state index is 0.0264. The molecule has 2 heterocycles. The Labute approximate surface area is 218 Å². The number of hydrogen-bond acceptors (Lipinski definition) is 5. The fourth-order valence-electron chi connectivity index (χ4n) is 5.45. The number of halogens is 3. The second kappa shape index (κ2) is 10.0. The number of fused-ring (bicyclic) bond motifs is 1. The van der Waals surface area contributed by atoms with Gasteiger partial charge < -0.3 is 14.6 Å². The van der Waals surface area contributed by atoms with Crippen LogP contribution in [0.2, 0.25) is 0 Å². The maximum atomic E-state index is 13.9. The molecular weight excluding hydrogens is 495 g/mol. The van der Waals surface area contributed by atoms with Gasteiger partial charge in [-0.3, -0.25) is 14.5 Å². The number of nitrogens with zero attached hydrogens (tertiary/aromatic N) is 2. The summed E-state index contributed by atoms with van der Waals surface area (Å²) in [6.45, 7) is 5.92. The summed E-state index contributed by atoms with van der Waals surface area (Å²) in [5.41, 5.74) is 3.00. The van der Waals surface area contributed by atoms with E-state index >= 15 is 0 Å². The summed E-state index contributed by atoms with van der Waals surface area (Å²) in [7, 11) is 0. The summed E-state index contributed by atoms with van der Waals surface area (Å²) in [6, 6.07) is 16.0. The standard InChI is InChI=1S/C29H28F3N3O3/c1-3-34(4-2)20-13-11-18(12-14-20)19-16-22-26(24(36)17-19)27(25-10-7-15-38-25)35(28(37)29(30,31)32)23-9-6-5-8-21(23)33-22/h5-15,19,27,33H,3-4,16-17H2,1-2H3/t19-,27+/m1/s1. The van der Waals surface area contributed by atoms with Gasteiger partial charge in [-0.25, -0.2) is 0 Å². The number of allylic oxidation sites excluding steroid dienone is 1. The second-order valence-corrected chi connectivity index (χ2v) is 9.42. The number of nitrogens with one attached hydrogen (secondary N) is 1. The van der Waals surface area contributed by atoms with Gasteiger partial charge >= 0.3 is 12.1 Å². The number of ketones is 1. The summed E-state index contributed by atoms with van der Waals surface area (Å²) in [5.74, 6) is -2.48. The first-order valence-electron chi connectivity index (χ1n) is 12.6. The van der Waals surface area contributed by atoms with E-state index in [1.165, 1.54) is 24.5 Å². The topological polar surface area (TPSA) is 65.8 Å². The molecule has 9 heteroatoms. The van der Waals surface area contributed by atoms with Crippen LogP contribution in [0.3, 0.4) is 0 Å². The van der Waals surface area contributed by atoms with E-state index in [-0.39, 0.29) is 35.1 Å². The molecule has 2 aromatic carbocycles. The van der Waals surface area contributed by atoms with E-state index in [1.54, 1.807) is 18.2 Å². The predicted molar refractivity (Wildman–Crippen MR) is 139 cm³/mol. The van der Waals surface area contributed by atoms with Gasteiger partial charge in [-0.15, -0.1) is 0 Å². The van der Waals surface area contributed by atoms with Crippen molar-refractivity contribution in [2.45, 2.75) is 44.8 Å². The highest BCUT2D eigenvalue weighted by molar-refractivity contribution is 6.07. The zero-order chi connectivity index (χ0) is 27.0. The van der Waals surface area contributed by atoms with E-state index in [0.29, 0.717) is 22.7 Å². The van der Waals surface area contributed by atoms with Crippen LogP contribution in [0, 0.1) is 0 Å². The summed E-state index contributed by atoms with van der Waals surface area (Å²) in [6.07, 6.45) is -3.34. The van der Waals surface area contributed by atoms with Crippen LogP contribution in [-0.2, 0) is 9.59 Å². The van der Waals surface area contributed by atoms with Crippen LogP contribution < -0.4 is 15.1 Å². The molecule has 198 valence electrons. The molecule has 2 atom stereocenters. The van der Waals surface area contributed by atoms with E-state index in [9.17, 15) is 22.8 Å². The van der Waals surface area contributed by atoms with Gasteiger partial charge in [0.2, 0.25) is 0 Å². The molecule has 1 aliphatic heterocycles. The van der Waals surface area contributed by atoms with Gasteiger partial charge in [-0.2, -0.15) is 13.2 Å². The Hall–Kier alpha value is -4.01. The number of furan rings is 1. The summed E-state index contributed by atoms with van der Waals surface area (Å²) in [5, 5.41) is 3.22. The molecule has 1 amide bonds. The van der Waals surface area contributed by atoms with Crippen LogP contribution in [0.5, 0.6) is 0 Å². The molecule has 0 saturated heterocycles. The lowest BCUT2D eigenvalue weighted by Crippen LogP contribution is -2.45. The van der Waals surface area contributed by atoms with Gasteiger partial charge in [-0.05, 0) is 68.1 Å². The molecule has 1 N–H and O–H groups in total. The molecule has 0 saturated carbocycles. The van der Waals surface area contributed by atoms with Crippen molar-refractivity contribution in [1.29, 1.82) is 0 Å². The molecule has 0 spiro atoms. The minimum atomic E-state index is -5.16. The Morgan fingerprint density at radius 2 is 1.74 bits per heavy atom. The summed E-state index contributed by atoms with van der Waals surface area (Å²) >= 11 is 0. The van der Waals surface area contributed by atoms with E-state index < -0.39 is 18.1 Å². The van der Waals surface area contributed by atoms with Crippen molar-refractivity contribution in [3.63, 3.8) is 0 Å². The first-order valence-corrected chi connectivity index (χ1v) is 12.6. The summed E-state index contributed by atoms with van der Waals surface area (Å²) < 4.78 is 47.1. The zero-order valence-electron chi connectivity index (χ0n) is 21.1. The second-order valence-electron chi connectivity index (χ2n) is 9.42. The molecule has 5 rings (SSSR count). The van der Waals surface area contributed by atoms with E-state index in [1.807, 2.05) is 24.3 Å². The van der Waals surface area contributed by atoms with Gasteiger partial charge in [0.1, 0.15) is 11.8 Å². The Morgan fingerprint density at radius 1 is 1.03 bits per heavy atom. The van der Waals surface area contributed by atoms with Crippen LogP contribution in [0.4, 0.5) is 30.2 Å². The lowest BCUT2D eigenvalue weighted by atomic mass is 9.79. The highest BCUT2D eigenvalue weighted by Gasteiger charge is 2.50. The molecule has 38 heavy (non-hydrogen) atoms. The number of amides is 1. The van der Waals surface area contributed by atoms with E-state index in [4.69, 9.17) is 4.42 Å². The van der Waals surface area contributed by atoms with E-state index in [2.05, 4.69) is 24.1 Å². The van der Waals surface area contributed by atoms with Crippen molar-refractivity contribution in [1.82, 2.24) is 0 Å². The third kappa shape index (κ3) is 4.57. The number of anilines is 3. The number of carbonyl (C=O) groups is 2. The predicted octanol–water partition coefficient (Wildman–Crippen LogP) is 6.59. The van der Waals surface area contributed by atoms with Crippen molar-refractivity contribution in [3.8, 4) is 0 Å². The molecular formula is C29H28F3N3O3.